The fourth-order valence-corrected chi connectivity index (χ4v) is 6.27. The Morgan fingerprint density at radius 3 is 2.36 bits per heavy atom. The van der Waals surface area contributed by atoms with E-state index in [1.165, 1.54) is 0 Å². The molecule has 1 N–H and O–H groups in total. The number of hydrogen-bond acceptors (Lipinski definition) is 6. The van der Waals surface area contributed by atoms with Gasteiger partial charge in [0.2, 0.25) is 0 Å². The Bertz CT molecular complexity index is 1480. The number of hydrogen-bond donors (Lipinski definition) is 1. The first-order chi connectivity index (χ1) is 17.3. The lowest BCUT2D eigenvalue weighted by Crippen LogP contribution is -2.47. The standard InChI is InChI=1S/C28H27N3O4S/c32-27(31-16-12-28(33,13-17-31)18-22-4-2-14-29-19-22)24-10-8-21(9-11-24)20-36(34,35)25-7-1-5-23-6-3-15-30-26(23)25/h1-11,14-15,19,33H,12-13,16-18,20H2. The van der Waals surface area contributed by atoms with Crippen molar-refractivity contribution in [2.75, 3.05) is 13.1 Å². The van der Waals surface area contributed by atoms with Crippen molar-refractivity contribution in [2.45, 2.75) is 35.5 Å². The molecule has 2 aromatic carbocycles. The van der Waals surface area contributed by atoms with Gasteiger partial charge in [-0.15, -0.1) is 0 Å². The van der Waals surface area contributed by atoms with Gasteiger partial charge >= 0.3 is 0 Å². The van der Waals surface area contributed by atoms with Crippen LogP contribution in [0.4, 0.5) is 0 Å². The highest BCUT2D eigenvalue weighted by Gasteiger charge is 2.34. The number of aliphatic hydroxyl groups is 1. The highest BCUT2D eigenvalue weighted by Crippen LogP contribution is 2.28. The highest BCUT2D eigenvalue weighted by molar-refractivity contribution is 7.90. The van der Waals surface area contributed by atoms with Crippen LogP contribution in [0, 0.1) is 0 Å². The van der Waals surface area contributed by atoms with E-state index in [1.54, 1.807) is 66.0 Å². The zero-order chi connectivity index (χ0) is 25.2. The lowest BCUT2D eigenvalue weighted by molar-refractivity contribution is -0.0163. The number of sulfone groups is 1. The minimum absolute atomic E-state index is 0.119. The van der Waals surface area contributed by atoms with Crippen molar-refractivity contribution in [3.8, 4) is 0 Å². The van der Waals surface area contributed by atoms with Crippen molar-refractivity contribution >= 4 is 26.6 Å². The average molecular weight is 502 g/mol. The lowest BCUT2D eigenvalue weighted by Gasteiger charge is -2.38. The number of amides is 1. The number of benzene rings is 2. The Labute approximate surface area is 210 Å². The van der Waals surface area contributed by atoms with E-state index in [4.69, 9.17) is 0 Å². The Balaban J connectivity index is 1.24. The Kier molecular flexibility index (Phi) is 6.55. The first kappa shape index (κ1) is 24.1. The number of rotatable bonds is 6. The van der Waals surface area contributed by atoms with Crippen LogP contribution in [0.1, 0.15) is 34.3 Å². The molecule has 0 saturated carbocycles. The molecule has 1 fully saturated rings. The molecule has 7 nitrogen and oxygen atoms in total. The van der Waals surface area contributed by atoms with E-state index in [0.717, 1.165) is 10.9 Å². The topological polar surface area (TPSA) is 100 Å². The van der Waals surface area contributed by atoms with Gasteiger partial charge in [0.15, 0.2) is 9.84 Å². The summed E-state index contributed by atoms with van der Waals surface area (Å²) in [6.45, 7) is 0.916. The van der Waals surface area contributed by atoms with E-state index in [2.05, 4.69) is 9.97 Å². The molecule has 1 saturated heterocycles. The Hall–Kier alpha value is -3.62. The van der Waals surface area contributed by atoms with Crippen molar-refractivity contribution in [3.63, 3.8) is 0 Å². The summed E-state index contributed by atoms with van der Waals surface area (Å²) in [5.74, 6) is -0.298. The second-order valence-corrected chi connectivity index (χ2v) is 11.3. The molecule has 0 bridgehead atoms. The quantitative estimate of drug-likeness (QED) is 0.431. The SMILES string of the molecule is O=C(c1ccc(CS(=O)(=O)c2cccc3cccnc23)cc1)N1CCC(O)(Cc2cccnc2)CC1. The van der Waals surface area contributed by atoms with Gasteiger partial charge in [0, 0.05) is 49.1 Å². The molecule has 5 rings (SSSR count). The predicted octanol–water partition coefficient (Wildman–Crippen LogP) is 3.81. The lowest BCUT2D eigenvalue weighted by atomic mass is 9.85. The van der Waals surface area contributed by atoms with Crippen molar-refractivity contribution in [3.05, 3.63) is 102 Å². The number of carbonyl (C=O) groups excluding carboxylic acids is 1. The van der Waals surface area contributed by atoms with Crippen LogP contribution >= 0.6 is 0 Å². The summed E-state index contributed by atoms with van der Waals surface area (Å²) >= 11 is 0. The number of piperidine rings is 1. The third kappa shape index (κ3) is 5.15. The molecule has 4 aromatic rings. The van der Waals surface area contributed by atoms with E-state index < -0.39 is 15.4 Å². The molecule has 1 aliphatic heterocycles. The van der Waals surface area contributed by atoms with Crippen molar-refractivity contribution < 1.29 is 18.3 Å². The molecule has 0 atom stereocenters. The fraction of sp³-hybridized carbons (Fsp3) is 0.250. The largest absolute Gasteiger partial charge is 0.389 e. The molecular formula is C28H27N3O4S. The smallest absolute Gasteiger partial charge is 0.253 e. The first-order valence-electron chi connectivity index (χ1n) is 11.9. The number of nitrogens with zero attached hydrogens (tertiary/aromatic N) is 3. The van der Waals surface area contributed by atoms with Gasteiger partial charge in [-0.25, -0.2) is 8.42 Å². The summed E-state index contributed by atoms with van der Waals surface area (Å²) in [5, 5.41) is 11.7. The van der Waals surface area contributed by atoms with Gasteiger partial charge in [0.25, 0.3) is 5.91 Å². The minimum atomic E-state index is -3.62. The van der Waals surface area contributed by atoms with Crippen LogP contribution in [0.2, 0.25) is 0 Å². The number of aromatic nitrogens is 2. The molecule has 1 amide bonds. The third-order valence-electron chi connectivity index (χ3n) is 6.73. The molecule has 0 radical (unpaired) electrons. The highest BCUT2D eigenvalue weighted by atomic mass is 32.2. The van der Waals surface area contributed by atoms with Gasteiger partial charge in [0.1, 0.15) is 0 Å². The van der Waals surface area contributed by atoms with Crippen molar-refractivity contribution in [2.24, 2.45) is 0 Å². The second kappa shape index (κ2) is 9.79. The Morgan fingerprint density at radius 2 is 1.64 bits per heavy atom. The molecule has 0 unspecified atom stereocenters. The number of likely N-dealkylation sites (tertiary alicyclic amines) is 1. The van der Waals surface area contributed by atoms with E-state index in [-0.39, 0.29) is 16.6 Å². The first-order valence-corrected chi connectivity index (χ1v) is 13.5. The number of carbonyl (C=O) groups is 1. The van der Waals surface area contributed by atoms with Crippen LogP contribution in [-0.2, 0) is 22.0 Å². The zero-order valence-electron chi connectivity index (χ0n) is 19.7. The maximum absolute atomic E-state index is 13.1. The second-order valence-electron chi connectivity index (χ2n) is 9.34. The van der Waals surface area contributed by atoms with Crippen LogP contribution in [0.5, 0.6) is 0 Å². The number of fused-ring (bicyclic) bond motifs is 1. The molecule has 36 heavy (non-hydrogen) atoms. The van der Waals surface area contributed by atoms with Gasteiger partial charge < -0.3 is 10.0 Å². The number of pyridine rings is 2. The summed E-state index contributed by atoms with van der Waals surface area (Å²) in [4.78, 5) is 23.4. The molecule has 3 heterocycles. The summed E-state index contributed by atoms with van der Waals surface area (Å²) < 4.78 is 26.3. The van der Waals surface area contributed by atoms with E-state index in [9.17, 15) is 18.3 Å². The molecule has 0 aliphatic carbocycles. The molecule has 184 valence electrons. The van der Waals surface area contributed by atoms with Crippen molar-refractivity contribution in [1.29, 1.82) is 0 Å². The normalized spacial score (nSPS) is 15.6. The maximum Gasteiger partial charge on any atom is 0.253 e. The van der Waals surface area contributed by atoms with Gasteiger partial charge in [-0.1, -0.05) is 36.4 Å². The molecule has 2 aromatic heterocycles. The summed E-state index contributed by atoms with van der Waals surface area (Å²) in [6, 6.07) is 19.3. The van der Waals surface area contributed by atoms with Gasteiger partial charge in [-0.05, 0) is 54.3 Å². The van der Waals surface area contributed by atoms with Gasteiger partial charge in [0.05, 0.1) is 21.8 Å². The zero-order valence-corrected chi connectivity index (χ0v) is 20.6. The van der Waals surface area contributed by atoms with E-state index in [1.807, 2.05) is 24.3 Å². The molecule has 0 spiro atoms. The number of para-hydroxylation sites is 1. The molecule has 1 aliphatic rings. The van der Waals surface area contributed by atoms with Gasteiger partial charge in [-0.3, -0.25) is 14.8 Å². The Morgan fingerprint density at radius 1 is 0.917 bits per heavy atom. The third-order valence-corrected chi connectivity index (χ3v) is 8.44. The van der Waals surface area contributed by atoms with E-state index in [0.29, 0.717) is 49.0 Å². The summed E-state index contributed by atoms with van der Waals surface area (Å²) in [6.07, 6.45) is 6.54. The minimum Gasteiger partial charge on any atom is -0.389 e. The van der Waals surface area contributed by atoms with Gasteiger partial charge in [-0.2, -0.15) is 0 Å². The van der Waals surface area contributed by atoms with E-state index >= 15 is 0 Å². The summed E-state index contributed by atoms with van der Waals surface area (Å²) in [5.41, 5.74) is 1.68. The maximum atomic E-state index is 13.1. The molecular weight excluding hydrogens is 474 g/mol. The van der Waals surface area contributed by atoms with Crippen LogP contribution in [-0.4, -0.2) is 53.0 Å². The summed E-state index contributed by atoms with van der Waals surface area (Å²) in [7, 11) is -3.62. The average Bonchev–Trinajstić information content (AvgIpc) is 2.89. The van der Waals surface area contributed by atoms with Crippen molar-refractivity contribution in [1.82, 2.24) is 14.9 Å². The van der Waals surface area contributed by atoms with Crippen LogP contribution in [0.3, 0.4) is 0 Å². The van der Waals surface area contributed by atoms with Crippen LogP contribution in [0.15, 0.2) is 90.2 Å². The van der Waals surface area contributed by atoms with Crippen LogP contribution in [0.25, 0.3) is 10.9 Å². The monoisotopic (exact) mass is 501 g/mol. The predicted molar refractivity (Wildman–Crippen MR) is 137 cm³/mol. The fourth-order valence-electron chi connectivity index (χ4n) is 4.74. The molecule has 8 heteroatoms. The van der Waals surface area contributed by atoms with Crippen LogP contribution < -0.4 is 0 Å².